The minimum absolute atomic E-state index is 0.0201. The Kier molecular flexibility index (Phi) is 4.60. The number of ether oxygens (including phenoxy) is 2. The largest absolute Gasteiger partial charge is 0.444 e. The fraction of sp³-hybridized carbons (Fsp3) is 0.611. The van der Waals surface area contributed by atoms with E-state index in [1.165, 1.54) is 16.7 Å². The number of hydrogen-bond acceptors (Lipinski definition) is 4. The Bertz CT molecular complexity index is 580. The summed E-state index contributed by atoms with van der Waals surface area (Å²) in [6, 6.07) is 6.49. The van der Waals surface area contributed by atoms with Gasteiger partial charge in [0.25, 0.3) is 0 Å². The summed E-state index contributed by atoms with van der Waals surface area (Å²) in [4.78, 5) is 14.4. The van der Waals surface area contributed by atoms with Crippen molar-refractivity contribution in [2.24, 2.45) is 0 Å². The Hall–Kier alpha value is -1.59. The molecular formula is C18H26N2O3. The number of carbonyl (C=O) groups excluding carboxylic acids is 1. The van der Waals surface area contributed by atoms with Crippen LogP contribution in [0.3, 0.4) is 0 Å². The highest BCUT2D eigenvalue weighted by Crippen LogP contribution is 2.28. The summed E-state index contributed by atoms with van der Waals surface area (Å²) in [5.74, 6) is 0. The number of nitrogens with zero attached hydrogens (tertiary/aromatic N) is 1. The zero-order chi connectivity index (χ0) is 16.4. The van der Waals surface area contributed by atoms with E-state index in [9.17, 15) is 4.79 Å². The molecule has 1 fully saturated rings. The van der Waals surface area contributed by atoms with E-state index in [0.717, 1.165) is 26.1 Å². The molecule has 2 aliphatic rings. The van der Waals surface area contributed by atoms with Crippen LogP contribution in [0.1, 0.15) is 43.5 Å². The highest BCUT2D eigenvalue weighted by molar-refractivity contribution is 5.69. The van der Waals surface area contributed by atoms with Crippen molar-refractivity contribution < 1.29 is 14.3 Å². The highest BCUT2D eigenvalue weighted by Gasteiger charge is 2.31. The first-order valence-electron chi connectivity index (χ1n) is 8.34. The molecule has 1 saturated heterocycles. The van der Waals surface area contributed by atoms with Gasteiger partial charge < -0.3 is 14.8 Å². The maximum absolute atomic E-state index is 12.5. The normalized spacial score (nSPS) is 21.7. The fourth-order valence-electron chi connectivity index (χ4n) is 3.13. The molecule has 1 aromatic carbocycles. The molecule has 0 aliphatic carbocycles. The molecule has 126 valence electrons. The topological polar surface area (TPSA) is 50.8 Å². The number of fused-ring (bicyclic) bond motifs is 1. The number of rotatable bonds is 1. The lowest BCUT2D eigenvalue weighted by atomic mass is 9.95. The van der Waals surface area contributed by atoms with Crippen LogP contribution in [0.25, 0.3) is 0 Å². The van der Waals surface area contributed by atoms with E-state index in [-0.39, 0.29) is 12.1 Å². The van der Waals surface area contributed by atoms with Gasteiger partial charge in [-0.25, -0.2) is 4.79 Å². The van der Waals surface area contributed by atoms with Crippen LogP contribution in [0, 0.1) is 0 Å². The number of benzene rings is 1. The SMILES string of the molecule is CC(C)(C)OC(=O)N1CCNCC1c1ccc2c(c1)CCOC2. The lowest BCUT2D eigenvalue weighted by Crippen LogP contribution is -2.50. The Balaban J connectivity index is 1.82. The monoisotopic (exact) mass is 318 g/mol. The average molecular weight is 318 g/mol. The molecule has 0 radical (unpaired) electrons. The molecule has 0 aromatic heterocycles. The Labute approximate surface area is 137 Å². The van der Waals surface area contributed by atoms with Crippen LogP contribution >= 0.6 is 0 Å². The maximum Gasteiger partial charge on any atom is 0.410 e. The fourth-order valence-corrected chi connectivity index (χ4v) is 3.13. The summed E-state index contributed by atoms with van der Waals surface area (Å²) in [5, 5.41) is 3.39. The Morgan fingerprint density at radius 3 is 2.96 bits per heavy atom. The van der Waals surface area contributed by atoms with Crippen LogP contribution in [0.5, 0.6) is 0 Å². The standard InChI is InChI=1S/C18H26N2O3/c1-18(2,3)23-17(21)20-8-7-19-11-16(20)14-4-5-15-12-22-9-6-13(15)10-14/h4-5,10,16,19H,6-9,11-12H2,1-3H3. The molecule has 2 heterocycles. The molecule has 1 atom stereocenters. The third-order valence-corrected chi connectivity index (χ3v) is 4.26. The molecule has 0 saturated carbocycles. The van der Waals surface area contributed by atoms with E-state index >= 15 is 0 Å². The van der Waals surface area contributed by atoms with Gasteiger partial charge in [0.2, 0.25) is 0 Å². The molecule has 1 amide bonds. The molecule has 5 heteroatoms. The number of amides is 1. The number of carbonyl (C=O) groups is 1. The second-order valence-corrected chi connectivity index (χ2v) is 7.22. The van der Waals surface area contributed by atoms with Crippen molar-refractivity contribution in [3.05, 3.63) is 34.9 Å². The van der Waals surface area contributed by atoms with Gasteiger partial charge in [-0.05, 0) is 43.9 Å². The van der Waals surface area contributed by atoms with Crippen LogP contribution in [0.2, 0.25) is 0 Å². The first kappa shape index (κ1) is 16.3. The van der Waals surface area contributed by atoms with E-state index in [0.29, 0.717) is 13.2 Å². The summed E-state index contributed by atoms with van der Waals surface area (Å²) in [7, 11) is 0. The van der Waals surface area contributed by atoms with Gasteiger partial charge >= 0.3 is 6.09 Å². The first-order chi connectivity index (χ1) is 10.9. The molecule has 0 spiro atoms. The lowest BCUT2D eigenvalue weighted by Gasteiger charge is -2.37. The summed E-state index contributed by atoms with van der Waals surface area (Å²) in [6.07, 6.45) is 0.709. The van der Waals surface area contributed by atoms with Crippen molar-refractivity contribution >= 4 is 6.09 Å². The van der Waals surface area contributed by atoms with E-state index < -0.39 is 5.60 Å². The maximum atomic E-state index is 12.5. The van der Waals surface area contributed by atoms with Gasteiger partial charge in [0.15, 0.2) is 0 Å². The summed E-state index contributed by atoms with van der Waals surface area (Å²) >= 11 is 0. The molecule has 23 heavy (non-hydrogen) atoms. The minimum atomic E-state index is -0.473. The molecular weight excluding hydrogens is 292 g/mol. The molecule has 1 N–H and O–H groups in total. The van der Waals surface area contributed by atoms with E-state index in [1.54, 1.807) is 0 Å². The molecule has 3 rings (SSSR count). The highest BCUT2D eigenvalue weighted by atomic mass is 16.6. The quantitative estimate of drug-likeness (QED) is 0.865. The number of nitrogens with one attached hydrogen (secondary N) is 1. The van der Waals surface area contributed by atoms with Crippen LogP contribution < -0.4 is 5.32 Å². The van der Waals surface area contributed by atoms with Crippen molar-refractivity contribution in [2.75, 3.05) is 26.2 Å². The lowest BCUT2D eigenvalue weighted by molar-refractivity contribution is 0.0117. The molecule has 1 unspecified atom stereocenters. The van der Waals surface area contributed by atoms with Gasteiger partial charge in [-0.15, -0.1) is 0 Å². The minimum Gasteiger partial charge on any atom is -0.444 e. The smallest absolute Gasteiger partial charge is 0.410 e. The first-order valence-corrected chi connectivity index (χ1v) is 8.34. The molecule has 5 nitrogen and oxygen atoms in total. The van der Waals surface area contributed by atoms with Crippen LogP contribution in [0.4, 0.5) is 4.79 Å². The van der Waals surface area contributed by atoms with Gasteiger partial charge in [-0.1, -0.05) is 18.2 Å². The van der Waals surface area contributed by atoms with E-state index in [1.807, 2.05) is 25.7 Å². The van der Waals surface area contributed by atoms with Crippen LogP contribution in [-0.4, -0.2) is 42.8 Å². The molecule has 1 aromatic rings. The summed E-state index contributed by atoms with van der Waals surface area (Å²) in [6.45, 7) is 9.40. The summed E-state index contributed by atoms with van der Waals surface area (Å²) < 4.78 is 11.1. The second kappa shape index (κ2) is 6.49. The Morgan fingerprint density at radius 1 is 1.35 bits per heavy atom. The van der Waals surface area contributed by atoms with Gasteiger partial charge in [0.05, 0.1) is 19.3 Å². The Morgan fingerprint density at radius 2 is 2.17 bits per heavy atom. The molecule has 2 aliphatic heterocycles. The van der Waals surface area contributed by atoms with Crippen molar-refractivity contribution in [1.82, 2.24) is 10.2 Å². The number of hydrogen-bond donors (Lipinski definition) is 1. The van der Waals surface area contributed by atoms with Crippen molar-refractivity contribution in [3.8, 4) is 0 Å². The van der Waals surface area contributed by atoms with Crippen molar-refractivity contribution in [1.29, 1.82) is 0 Å². The second-order valence-electron chi connectivity index (χ2n) is 7.22. The third kappa shape index (κ3) is 3.85. The van der Waals surface area contributed by atoms with E-state index in [4.69, 9.17) is 9.47 Å². The predicted molar refractivity (Wildman–Crippen MR) is 88.4 cm³/mol. The van der Waals surface area contributed by atoms with Crippen molar-refractivity contribution in [2.45, 2.75) is 45.4 Å². The zero-order valence-electron chi connectivity index (χ0n) is 14.2. The average Bonchev–Trinajstić information content (AvgIpc) is 2.53. The van der Waals surface area contributed by atoms with Crippen LogP contribution in [-0.2, 0) is 22.5 Å². The van der Waals surface area contributed by atoms with Gasteiger partial charge in [0, 0.05) is 19.6 Å². The molecule has 0 bridgehead atoms. The van der Waals surface area contributed by atoms with Gasteiger partial charge in [-0.3, -0.25) is 4.90 Å². The predicted octanol–water partition coefficient (Wildman–Crippen LogP) is 2.64. The third-order valence-electron chi connectivity index (χ3n) is 4.26. The zero-order valence-corrected chi connectivity index (χ0v) is 14.2. The summed E-state index contributed by atoms with van der Waals surface area (Å²) in [5.41, 5.74) is 3.29. The van der Waals surface area contributed by atoms with Crippen molar-refractivity contribution in [3.63, 3.8) is 0 Å². The van der Waals surface area contributed by atoms with Gasteiger partial charge in [0.1, 0.15) is 5.60 Å². The van der Waals surface area contributed by atoms with Crippen LogP contribution in [0.15, 0.2) is 18.2 Å². The number of piperazine rings is 1. The van der Waals surface area contributed by atoms with E-state index in [2.05, 4.69) is 23.5 Å². The van der Waals surface area contributed by atoms with Gasteiger partial charge in [-0.2, -0.15) is 0 Å².